The van der Waals surface area contributed by atoms with E-state index in [1.54, 1.807) is 18.2 Å². The number of rotatable bonds is 7. The third-order valence-electron chi connectivity index (χ3n) is 3.92. The highest BCUT2D eigenvalue weighted by Gasteiger charge is 2.32. The summed E-state index contributed by atoms with van der Waals surface area (Å²) in [5.41, 5.74) is 0.569. The van der Waals surface area contributed by atoms with Gasteiger partial charge in [-0.2, -0.15) is 0 Å². The summed E-state index contributed by atoms with van der Waals surface area (Å²) < 4.78 is 10.9. The molecule has 1 aliphatic rings. The van der Waals surface area contributed by atoms with Crippen molar-refractivity contribution in [3.8, 4) is 17.4 Å². The Morgan fingerprint density at radius 1 is 1.28 bits per heavy atom. The van der Waals surface area contributed by atoms with E-state index < -0.39 is 16.9 Å². The van der Waals surface area contributed by atoms with Crippen LogP contribution in [0.2, 0.25) is 0 Å². The zero-order valence-electron chi connectivity index (χ0n) is 15.3. The minimum Gasteiger partial charge on any atom is -0.493 e. The first kappa shape index (κ1) is 19.5. The van der Waals surface area contributed by atoms with Crippen LogP contribution in [0.3, 0.4) is 0 Å². The highest BCUT2D eigenvalue weighted by molar-refractivity contribution is 6.14. The van der Waals surface area contributed by atoms with Gasteiger partial charge in [-0.25, -0.2) is 9.78 Å². The molecule has 2 aromatic rings. The van der Waals surface area contributed by atoms with Gasteiger partial charge < -0.3 is 14.8 Å². The normalized spacial score (nSPS) is 14.7. The molecule has 0 unspecified atom stereocenters. The molecule has 1 fully saturated rings. The van der Waals surface area contributed by atoms with Crippen LogP contribution < -0.4 is 14.8 Å². The number of hydrogen-bond acceptors (Lipinski definition) is 7. The number of benzene rings is 1. The molecule has 3 amide bonds. The Hall–Kier alpha value is -4.21. The maximum absolute atomic E-state index is 12.3. The second-order valence-corrected chi connectivity index (χ2v) is 5.82. The average molecular weight is 396 g/mol. The summed E-state index contributed by atoms with van der Waals surface area (Å²) in [7, 11) is 1.44. The minimum absolute atomic E-state index is 0.111. The van der Waals surface area contributed by atoms with Crippen LogP contribution in [-0.2, 0) is 4.79 Å². The van der Waals surface area contributed by atoms with Crippen molar-refractivity contribution in [1.82, 2.24) is 15.2 Å². The minimum atomic E-state index is -0.557. The van der Waals surface area contributed by atoms with Gasteiger partial charge in [-0.1, -0.05) is 12.1 Å². The highest BCUT2D eigenvalue weighted by Crippen LogP contribution is 2.32. The van der Waals surface area contributed by atoms with E-state index >= 15 is 0 Å². The molecule has 2 heterocycles. The number of ether oxygens (including phenoxy) is 2. The van der Waals surface area contributed by atoms with Gasteiger partial charge in [0.05, 0.1) is 12.0 Å². The lowest BCUT2D eigenvalue weighted by Crippen LogP contribution is -2.30. The van der Waals surface area contributed by atoms with E-state index in [2.05, 4.69) is 16.9 Å². The first-order chi connectivity index (χ1) is 13.9. The van der Waals surface area contributed by atoms with Crippen LogP contribution in [0.5, 0.6) is 17.4 Å². The average Bonchev–Trinajstić information content (AvgIpc) is 2.97. The number of methoxy groups -OCH3 is 1. The topological polar surface area (TPSA) is 124 Å². The van der Waals surface area contributed by atoms with Crippen molar-refractivity contribution in [1.29, 1.82) is 0 Å². The standard InChI is InChI=1S/C19H16N4O6/c1-3-8-22-18(24)14(21-19(22)25)9-12-4-6-15(16(10-12)28-2)29-17-7-5-13(11-20-17)23(26)27/h3-7,9-11H,1,8H2,2H3,(H,21,25)/b14-9+. The number of urea groups is 1. The molecule has 1 saturated heterocycles. The first-order valence-corrected chi connectivity index (χ1v) is 8.34. The van der Waals surface area contributed by atoms with Gasteiger partial charge in [0.1, 0.15) is 11.9 Å². The Morgan fingerprint density at radius 2 is 2.07 bits per heavy atom. The number of nitro groups is 1. The van der Waals surface area contributed by atoms with E-state index in [9.17, 15) is 19.7 Å². The van der Waals surface area contributed by atoms with Crippen molar-refractivity contribution in [2.24, 2.45) is 0 Å². The van der Waals surface area contributed by atoms with E-state index in [-0.39, 0.29) is 23.8 Å². The molecule has 29 heavy (non-hydrogen) atoms. The van der Waals surface area contributed by atoms with Crippen molar-refractivity contribution >= 4 is 23.7 Å². The van der Waals surface area contributed by atoms with E-state index in [0.29, 0.717) is 17.1 Å². The van der Waals surface area contributed by atoms with Crippen LogP contribution in [0.15, 0.2) is 54.9 Å². The fourth-order valence-corrected chi connectivity index (χ4v) is 2.54. The monoisotopic (exact) mass is 396 g/mol. The molecule has 0 atom stereocenters. The lowest BCUT2D eigenvalue weighted by atomic mass is 10.1. The Kier molecular flexibility index (Phi) is 5.54. The number of nitrogens with one attached hydrogen (secondary N) is 1. The van der Waals surface area contributed by atoms with Crippen molar-refractivity contribution in [2.45, 2.75) is 0 Å². The Labute approximate surface area is 165 Å². The van der Waals surface area contributed by atoms with E-state index in [1.807, 2.05) is 0 Å². The zero-order chi connectivity index (χ0) is 21.0. The zero-order valence-corrected chi connectivity index (χ0v) is 15.3. The van der Waals surface area contributed by atoms with Crippen LogP contribution >= 0.6 is 0 Å². The molecule has 10 nitrogen and oxygen atoms in total. The molecule has 3 rings (SSSR count). The molecule has 0 saturated carbocycles. The Morgan fingerprint density at radius 3 is 2.69 bits per heavy atom. The van der Waals surface area contributed by atoms with Crippen LogP contribution in [-0.4, -0.2) is 40.4 Å². The molecule has 0 spiro atoms. The summed E-state index contributed by atoms with van der Waals surface area (Å²) in [6, 6.07) is 7.00. The molecule has 0 radical (unpaired) electrons. The smallest absolute Gasteiger partial charge is 0.329 e. The maximum atomic E-state index is 12.3. The van der Waals surface area contributed by atoms with Crippen LogP contribution in [0.25, 0.3) is 6.08 Å². The third-order valence-corrected chi connectivity index (χ3v) is 3.92. The predicted molar refractivity (Wildman–Crippen MR) is 102 cm³/mol. The molecule has 0 bridgehead atoms. The van der Waals surface area contributed by atoms with Crippen molar-refractivity contribution in [2.75, 3.05) is 13.7 Å². The van der Waals surface area contributed by atoms with Crippen molar-refractivity contribution < 1.29 is 24.0 Å². The molecule has 0 aliphatic carbocycles. The fraction of sp³-hybridized carbons (Fsp3) is 0.105. The lowest BCUT2D eigenvalue weighted by Gasteiger charge is -2.10. The van der Waals surface area contributed by atoms with Gasteiger partial charge in [0, 0.05) is 18.7 Å². The lowest BCUT2D eigenvalue weighted by molar-refractivity contribution is -0.385. The van der Waals surface area contributed by atoms with Crippen LogP contribution in [0.4, 0.5) is 10.5 Å². The number of carbonyl (C=O) groups is 2. The fourth-order valence-electron chi connectivity index (χ4n) is 2.54. The molecule has 1 aliphatic heterocycles. The van der Waals surface area contributed by atoms with Crippen LogP contribution in [0.1, 0.15) is 5.56 Å². The van der Waals surface area contributed by atoms with Gasteiger partial charge in [-0.15, -0.1) is 6.58 Å². The van der Waals surface area contributed by atoms with Gasteiger partial charge in [0.15, 0.2) is 11.5 Å². The summed E-state index contributed by atoms with van der Waals surface area (Å²) in [5, 5.41) is 13.2. The summed E-state index contributed by atoms with van der Waals surface area (Å²) in [5.74, 6) is 0.368. The quantitative estimate of drug-likeness (QED) is 0.251. The molecule has 1 aromatic heterocycles. The van der Waals surface area contributed by atoms with Crippen molar-refractivity contribution in [3.05, 3.63) is 70.6 Å². The van der Waals surface area contributed by atoms with E-state index in [0.717, 1.165) is 11.1 Å². The molecule has 10 heteroatoms. The number of nitrogens with zero attached hydrogens (tertiary/aromatic N) is 3. The SMILES string of the molecule is C=CCN1C(=O)N/C(=C/c2ccc(Oc3ccc([N+](=O)[O-])cn3)c(OC)c2)C1=O. The molecule has 1 aromatic carbocycles. The van der Waals surface area contributed by atoms with E-state index in [1.165, 1.54) is 31.4 Å². The van der Waals surface area contributed by atoms with Gasteiger partial charge in [-0.3, -0.25) is 19.8 Å². The van der Waals surface area contributed by atoms with E-state index in [4.69, 9.17) is 9.47 Å². The second-order valence-electron chi connectivity index (χ2n) is 5.82. The molecule has 148 valence electrons. The highest BCUT2D eigenvalue weighted by atomic mass is 16.6. The number of imide groups is 1. The second kappa shape index (κ2) is 8.21. The van der Waals surface area contributed by atoms with Gasteiger partial charge in [0.25, 0.3) is 11.6 Å². The first-order valence-electron chi connectivity index (χ1n) is 8.34. The Bertz CT molecular complexity index is 1020. The summed E-state index contributed by atoms with van der Waals surface area (Å²) in [6.45, 7) is 3.63. The summed E-state index contributed by atoms with van der Waals surface area (Å²) in [6.07, 6.45) is 4.06. The molecular formula is C19H16N4O6. The number of amides is 3. The largest absolute Gasteiger partial charge is 0.493 e. The maximum Gasteiger partial charge on any atom is 0.329 e. The predicted octanol–water partition coefficient (Wildman–Crippen LogP) is 2.87. The van der Waals surface area contributed by atoms with Gasteiger partial charge in [-0.05, 0) is 23.8 Å². The number of hydrogen-bond donors (Lipinski definition) is 1. The van der Waals surface area contributed by atoms with Crippen molar-refractivity contribution in [3.63, 3.8) is 0 Å². The van der Waals surface area contributed by atoms with Gasteiger partial charge >= 0.3 is 6.03 Å². The molecular weight excluding hydrogens is 380 g/mol. The summed E-state index contributed by atoms with van der Waals surface area (Å²) in [4.78, 5) is 39.2. The number of pyridine rings is 1. The molecule has 1 N–H and O–H groups in total. The summed E-state index contributed by atoms with van der Waals surface area (Å²) >= 11 is 0. The number of aromatic nitrogens is 1. The van der Waals surface area contributed by atoms with Crippen LogP contribution in [0, 0.1) is 10.1 Å². The van der Waals surface area contributed by atoms with Gasteiger partial charge in [0.2, 0.25) is 5.88 Å². The Balaban J connectivity index is 1.82. The third kappa shape index (κ3) is 4.21. The number of carbonyl (C=O) groups excluding carboxylic acids is 2.